The molecule has 216 valence electrons. The van der Waals surface area contributed by atoms with Gasteiger partial charge in [0, 0.05) is 33.9 Å². The number of carbonyl (C=O) groups is 2. The minimum absolute atomic E-state index is 0.190. The number of fused-ring (bicyclic) bond motifs is 2. The van der Waals surface area contributed by atoms with Crippen molar-refractivity contribution in [3.05, 3.63) is 80.1 Å². The molecular formula is C33H35ClFNO5. The lowest BCUT2D eigenvalue weighted by atomic mass is 9.83. The van der Waals surface area contributed by atoms with Crippen LogP contribution in [-0.2, 0) is 22.4 Å². The number of carbonyl (C=O) groups excluding carboxylic acids is 1. The van der Waals surface area contributed by atoms with Crippen molar-refractivity contribution in [1.82, 2.24) is 0 Å². The smallest absolute Gasteiger partial charge is 0.337 e. The average molecular weight is 580 g/mol. The maximum Gasteiger partial charge on any atom is 0.337 e. The van der Waals surface area contributed by atoms with Gasteiger partial charge < -0.3 is 19.5 Å². The number of carboxylic acids is 1. The van der Waals surface area contributed by atoms with Crippen LogP contribution >= 0.6 is 11.6 Å². The number of aryl methyl sites for hydroxylation is 1. The second-order valence-corrected chi connectivity index (χ2v) is 12.2. The van der Waals surface area contributed by atoms with Crippen LogP contribution in [0.3, 0.4) is 0 Å². The number of hydrogen-bond donors (Lipinski definition) is 1. The van der Waals surface area contributed by atoms with Crippen LogP contribution in [0.15, 0.2) is 30.3 Å². The van der Waals surface area contributed by atoms with Crippen molar-refractivity contribution in [2.45, 2.75) is 72.5 Å². The van der Waals surface area contributed by atoms with Gasteiger partial charge in [-0.05, 0) is 118 Å². The molecule has 2 aliphatic heterocycles. The highest BCUT2D eigenvalue weighted by molar-refractivity contribution is 6.32. The lowest BCUT2D eigenvalue weighted by Crippen LogP contribution is -2.30. The van der Waals surface area contributed by atoms with Gasteiger partial charge in [-0.3, -0.25) is 4.79 Å². The maximum absolute atomic E-state index is 15.6. The summed E-state index contributed by atoms with van der Waals surface area (Å²) in [5, 5.41) is 10.9. The lowest BCUT2D eigenvalue weighted by molar-refractivity contribution is -0.160. The standard InChI is InChI=1S/C33H35ClFNO5/c1-17-15-26-22(12-13-36(26)31(37)21-9-7-11-24(34)19(21)3)28(27(17)30(32(38)39)41-33(4,5)6)23-16-25(35)29-20(18(23)2)10-8-14-40-29/h7,9,11,15-16,30H,8,10,12-14H2,1-6H3,(H,38,39)/t30-/m0/s1. The normalized spacial score (nSPS) is 15.3. The Morgan fingerprint density at radius 2 is 1.83 bits per heavy atom. The molecule has 1 N–H and O–H groups in total. The molecule has 0 spiro atoms. The van der Waals surface area contributed by atoms with Crippen LogP contribution in [0.2, 0.25) is 5.02 Å². The summed E-state index contributed by atoms with van der Waals surface area (Å²) in [5.74, 6) is -1.55. The molecule has 0 radical (unpaired) electrons. The summed E-state index contributed by atoms with van der Waals surface area (Å²) >= 11 is 6.34. The zero-order valence-corrected chi connectivity index (χ0v) is 25.0. The minimum atomic E-state index is -1.30. The van der Waals surface area contributed by atoms with E-state index in [1.54, 1.807) is 43.9 Å². The highest BCUT2D eigenvalue weighted by atomic mass is 35.5. The van der Waals surface area contributed by atoms with Crippen molar-refractivity contribution in [2.75, 3.05) is 18.1 Å². The van der Waals surface area contributed by atoms with Crippen LogP contribution in [0.1, 0.15) is 77.0 Å². The molecular weight excluding hydrogens is 545 g/mol. The van der Waals surface area contributed by atoms with E-state index in [1.165, 1.54) is 6.07 Å². The van der Waals surface area contributed by atoms with Crippen molar-refractivity contribution < 1.29 is 28.6 Å². The van der Waals surface area contributed by atoms with E-state index in [4.69, 9.17) is 21.1 Å². The molecule has 8 heteroatoms. The number of halogens is 2. The Morgan fingerprint density at radius 1 is 1.10 bits per heavy atom. The number of aliphatic carboxylic acids is 1. The van der Waals surface area contributed by atoms with Gasteiger partial charge in [0.1, 0.15) is 0 Å². The van der Waals surface area contributed by atoms with Gasteiger partial charge in [-0.15, -0.1) is 0 Å². The highest BCUT2D eigenvalue weighted by Crippen LogP contribution is 2.48. The summed E-state index contributed by atoms with van der Waals surface area (Å²) in [4.78, 5) is 28.3. The Hall–Kier alpha value is -3.42. The zero-order valence-electron chi connectivity index (χ0n) is 24.3. The van der Waals surface area contributed by atoms with Crippen molar-refractivity contribution in [3.63, 3.8) is 0 Å². The van der Waals surface area contributed by atoms with E-state index in [1.807, 2.05) is 26.8 Å². The van der Waals surface area contributed by atoms with Gasteiger partial charge in [-0.25, -0.2) is 9.18 Å². The predicted octanol–water partition coefficient (Wildman–Crippen LogP) is 7.54. The van der Waals surface area contributed by atoms with Gasteiger partial charge in [-0.2, -0.15) is 0 Å². The van der Waals surface area contributed by atoms with Crippen molar-refractivity contribution >= 4 is 29.2 Å². The fraction of sp³-hybridized carbons (Fsp3) is 0.394. The molecule has 1 amide bonds. The predicted molar refractivity (Wildman–Crippen MR) is 158 cm³/mol. The molecule has 0 unspecified atom stereocenters. The van der Waals surface area contributed by atoms with Crippen LogP contribution in [0.25, 0.3) is 11.1 Å². The van der Waals surface area contributed by atoms with Crippen molar-refractivity contribution in [2.24, 2.45) is 0 Å². The Labute approximate surface area is 245 Å². The topological polar surface area (TPSA) is 76.1 Å². The molecule has 3 aromatic carbocycles. The molecule has 2 aliphatic rings. The molecule has 41 heavy (non-hydrogen) atoms. The summed E-state index contributed by atoms with van der Waals surface area (Å²) in [6.07, 6.45) is 0.598. The number of benzene rings is 3. The third kappa shape index (κ3) is 5.22. The maximum atomic E-state index is 15.6. The van der Waals surface area contributed by atoms with Gasteiger partial charge in [0.15, 0.2) is 17.7 Å². The van der Waals surface area contributed by atoms with Gasteiger partial charge in [0.05, 0.1) is 12.2 Å². The van der Waals surface area contributed by atoms with Crippen LogP contribution in [-0.4, -0.2) is 35.7 Å². The first kappa shape index (κ1) is 29.1. The van der Waals surface area contributed by atoms with E-state index in [9.17, 15) is 14.7 Å². The Balaban J connectivity index is 1.78. The van der Waals surface area contributed by atoms with E-state index in [-0.39, 0.29) is 11.7 Å². The molecule has 0 saturated carbocycles. The summed E-state index contributed by atoms with van der Waals surface area (Å²) in [7, 11) is 0. The monoisotopic (exact) mass is 579 g/mol. The summed E-state index contributed by atoms with van der Waals surface area (Å²) in [6.45, 7) is 11.8. The number of rotatable bonds is 5. The largest absolute Gasteiger partial charge is 0.490 e. The fourth-order valence-electron chi connectivity index (χ4n) is 6.04. The lowest BCUT2D eigenvalue weighted by Gasteiger charge is -2.30. The van der Waals surface area contributed by atoms with Gasteiger partial charge >= 0.3 is 5.97 Å². The number of amides is 1. The summed E-state index contributed by atoms with van der Waals surface area (Å²) in [5.41, 5.74) is 5.85. The Morgan fingerprint density at radius 3 is 2.51 bits per heavy atom. The SMILES string of the molecule is Cc1cc2c(c(-c3cc(F)c4c(c3C)CCCO4)c1[C@H](OC(C)(C)C)C(=O)O)CCN2C(=O)c1cccc(Cl)c1C. The van der Waals surface area contributed by atoms with E-state index < -0.39 is 23.5 Å². The Bertz CT molecular complexity index is 1580. The van der Waals surface area contributed by atoms with E-state index >= 15 is 4.39 Å². The first-order valence-corrected chi connectivity index (χ1v) is 14.3. The molecule has 0 saturated heterocycles. The number of carboxylic acid groups (broad SMARTS) is 1. The number of nitrogens with zero attached hydrogens (tertiary/aromatic N) is 1. The van der Waals surface area contributed by atoms with Crippen molar-refractivity contribution in [3.8, 4) is 16.9 Å². The third-order valence-corrected chi connectivity index (χ3v) is 8.35. The number of hydrogen-bond acceptors (Lipinski definition) is 4. The second kappa shape index (κ2) is 10.8. The molecule has 0 aliphatic carbocycles. The van der Waals surface area contributed by atoms with E-state index in [0.717, 1.165) is 23.1 Å². The van der Waals surface area contributed by atoms with Gasteiger partial charge in [-0.1, -0.05) is 17.7 Å². The summed E-state index contributed by atoms with van der Waals surface area (Å²) in [6, 6.07) is 8.55. The molecule has 1 atom stereocenters. The number of anilines is 1. The molecule has 3 aromatic rings. The molecule has 6 nitrogen and oxygen atoms in total. The van der Waals surface area contributed by atoms with Crippen molar-refractivity contribution in [1.29, 1.82) is 0 Å². The van der Waals surface area contributed by atoms with E-state index in [0.29, 0.717) is 70.1 Å². The van der Waals surface area contributed by atoms with Crippen LogP contribution in [0, 0.1) is 26.6 Å². The number of ether oxygens (including phenoxy) is 2. The summed E-state index contributed by atoms with van der Waals surface area (Å²) < 4.78 is 27.4. The molecule has 2 heterocycles. The first-order chi connectivity index (χ1) is 19.3. The molecule has 0 fully saturated rings. The fourth-order valence-corrected chi connectivity index (χ4v) is 6.22. The van der Waals surface area contributed by atoms with Crippen LogP contribution in [0.4, 0.5) is 10.1 Å². The molecule has 5 rings (SSSR count). The van der Waals surface area contributed by atoms with E-state index in [2.05, 4.69) is 0 Å². The minimum Gasteiger partial charge on any atom is -0.490 e. The first-order valence-electron chi connectivity index (χ1n) is 13.9. The van der Waals surface area contributed by atoms with Crippen LogP contribution < -0.4 is 9.64 Å². The van der Waals surface area contributed by atoms with Gasteiger partial charge in [0.2, 0.25) is 0 Å². The van der Waals surface area contributed by atoms with Crippen LogP contribution in [0.5, 0.6) is 5.75 Å². The van der Waals surface area contributed by atoms with Gasteiger partial charge in [0.25, 0.3) is 5.91 Å². The third-order valence-electron chi connectivity index (χ3n) is 7.94. The molecule has 0 bridgehead atoms. The average Bonchev–Trinajstić information content (AvgIpc) is 3.33. The highest BCUT2D eigenvalue weighted by Gasteiger charge is 2.37. The quantitative estimate of drug-likeness (QED) is 0.338. The molecule has 0 aromatic heterocycles. The zero-order chi connectivity index (χ0) is 29.8. The second-order valence-electron chi connectivity index (χ2n) is 11.8. The Kier molecular flexibility index (Phi) is 7.64.